The molecule has 2 aromatic carbocycles. The van der Waals surface area contributed by atoms with Crippen molar-refractivity contribution in [1.29, 1.82) is 0 Å². The maximum Gasteiger partial charge on any atom is 0.413 e. The second-order valence-electron chi connectivity index (χ2n) is 12.0. The number of hydrogen-bond donors (Lipinski definition) is 4. The van der Waals surface area contributed by atoms with Crippen LogP contribution in [0.15, 0.2) is 48.5 Å². The predicted octanol–water partition coefficient (Wildman–Crippen LogP) is 4.15. The molecule has 13 heteroatoms. The van der Waals surface area contributed by atoms with Crippen molar-refractivity contribution in [2.24, 2.45) is 0 Å². The van der Waals surface area contributed by atoms with Crippen LogP contribution in [0.5, 0.6) is 5.75 Å². The predicted molar refractivity (Wildman–Crippen MR) is 167 cm³/mol. The van der Waals surface area contributed by atoms with Crippen molar-refractivity contribution in [3.8, 4) is 5.75 Å². The van der Waals surface area contributed by atoms with Crippen molar-refractivity contribution >= 4 is 35.5 Å². The molecule has 4 N–H and O–H groups in total. The van der Waals surface area contributed by atoms with Gasteiger partial charge in [0.15, 0.2) is 0 Å². The second kappa shape index (κ2) is 17.2. The van der Waals surface area contributed by atoms with Crippen LogP contribution in [0.2, 0.25) is 0 Å². The number of benzene rings is 2. The number of carbonyl (C=O) groups is 4. The number of nitrogens with zero attached hydrogens (tertiary/aromatic N) is 1. The first-order chi connectivity index (χ1) is 21.1. The van der Waals surface area contributed by atoms with Crippen molar-refractivity contribution < 1.29 is 48.3 Å². The third-order valence-corrected chi connectivity index (χ3v) is 5.77. The number of ether oxygens (including phenoxy) is 4. The fourth-order valence-corrected chi connectivity index (χ4v) is 3.95. The number of nitrogens with one attached hydrogen (secondary N) is 2. The van der Waals surface area contributed by atoms with Crippen molar-refractivity contribution in [3.63, 3.8) is 0 Å². The molecule has 13 nitrogen and oxygen atoms in total. The van der Waals surface area contributed by atoms with Gasteiger partial charge in [-0.05, 0) is 77.8 Å². The van der Waals surface area contributed by atoms with Crippen LogP contribution in [0.3, 0.4) is 0 Å². The molecule has 0 heterocycles. The molecule has 2 rings (SSSR count). The Morgan fingerprint density at radius 3 is 2.00 bits per heavy atom. The molecule has 0 radical (unpaired) electrons. The zero-order chi connectivity index (χ0) is 33.6. The van der Waals surface area contributed by atoms with Gasteiger partial charge in [0.1, 0.15) is 29.6 Å². The highest BCUT2D eigenvalue weighted by Gasteiger charge is 2.29. The van der Waals surface area contributed by atoms with Gasteiger partial charge in [0.2, 0.25) is 0 Å². The topological polar surface area (TPSA) is 173 Å². The second-order valence-corrected chi connectivity index (χ2v) is 12.0. The van der Waals surface area contributed by atoms with Gasteiger partial charge in [0, 0.05) is 19.5 Å². The summed E-state index contributed by atoms with van der Waals surface area (Å²) in [5.74, 6) is -1.07. The average molecular weight is 632 g/mol. The molecule has 0 aromatic heterocycles. The Morgan fingerprint density at radius 1 is 0.822 bits per heavy atom. The molecule has 0 saturated carbocycles. The summed E-state index contributed by atoms with van der Waals surface area (Å²) in [6.45, 7) is 10.5. The standard InChI is InChI=1S/C32H45N3O10/c1-31(2,3)44-27(38)16-15-25(28(39)45-32(4,5)6)34-30(41)43-23-13-11-22(12-14-23)21-42-29(40)33-24-9-7-8-10-26(24)35(17-19-36)18-20-37/h7-14,25,36-37H,15-21H2,1-6H3,(H,33,40)(H,34,41)/t25-/m0/s1. The summed E-state index contributed by atoms with van der Waals surface area (Å²) in [5.41, 5.74) is 0.175. The summed E-state index contributed by atoms with van der Waals surface area (Å²) >= 11 is 0. The van der Waals surface area contributed by atoms with Crippen LogP contribution in [-0.2, 0) is 30.4 Å². The number of carbonyl (C=O) groups excluding carboxylic acids is 4. The molecule has 0 saturated heterocycles. The minimum Gasteiger partial charge on any atom is -0.460 e. The van der Waals surface area contributed by atoms with Gasteiger partial charge < -0.3 is 39.4 Å². The Bertz CT molecular complexity index is 1260. The number of amides is 2. The fourth-order valence-electron chi connectivity index (χ4n) is 3.95. The summed E-state index contributed by atoms with van der Waals surface area (Å²) in [4.78, 5) is 51.8. The first kappa shape index (κ1) is 36.8. The Hall–Kier alpha value is -4.36. The highest BCUT2D eigenvalue weighted by Crippen LogP contribution is 2.26. The molecule has 45 heavy (non-hydrogen) atoms. The number of aliphatic hydroxyl groups excluding tert-OH is 2. The molecule has 0 bridgehead atoms. The smallest absolute Gasteiger partial charge is 0.413 e. The van der Waals surface area contributed by atoms with Crippen LogP contribution in [0.1, 0.15) is 59.9 Å². The normalized spacial score (nSPS) is 12.0. The van der Waals surface area contributed by atoms with Crippen molar-refractivity contribution in [1.82, 2.24) is 5.32 Å². The molecule has 2 amide bonds. The van der Waals surface area contributed by atoms with Gasteiger partial charge in [0.05, 0.1) is 24.6 Å². The quantitative estimate of drug-likeness (QED) is 0.174. The number of rotatable bonds is 14. The number of anilines is 2. The maximum absolute atomic E-state index is 12.7. The van der Waals surface area contributed by atoms with E-state index in [1.807, 2.05) is 0 Å². The van der Waals surface area contributed by atoms with E-state index >= 15 is 0 Å². The van der Waals surface area contributed by atoms with Crippen LogP contribution in [-0.4, -0.2) is 77.9 Å². The van der Waals surface area contributed by atoms with Gasteiger partial charge in [-0.1, -0.05) is 24.3 Å². The molecule has 0 unspecified atom stereocenters. The van der Waals surface area contributed by atoms with E-state index in [0.29, 0.717) is 16.9 Å². The van der Waals surface area contributed by atoms with Gasteiger partial charge in [-0.25, -0.2) is 14.4 Å². The molecule has 1 atom stereocenters. The minimum absolute atomic E-state index is 0.0529. The van der Waals surface area contributed by atoms with Crippen LogP contribution >= 0.6 is 0 Å². The molecule has 0 spiro atoms. The first-order valence-electron chi connectivity index (χ1n) is 14.6. The Kier molecular flexibility index (Phi) is 14.1. The van der Waals surface area contributed by atoms with Gasteiger partial charge >= 0.3 is 24.1 Å². The zero-order valence-electron chi connectivity index (χ0n) is 26.8. The molecule has 0 aliphatic rings. The molecular formula is C32H45N3O10. The minimum atomic E-state index is -1.15. The van der Waals surface area contributed by atoms with E-state index in [0.717, 1.165) is 0 Å². The van der Waals surface area contributed by atoms with Gasteiger partial charge in [-0.3, -0.25) is 10.1 Å². The van der Waals surface area contributed by atoms with Crippen LogP contribution < -0.4 is 20.3 Å². The van der Waals surface area contributed by atoms with E-state index < -0.39 is 41.4 Å². The SMILES string of the molecule is CC(C)(C)OC(=O)CC[C@H](NC(=O)Oc1ccc(COC(=O)Nc2ccccc2N(CCO)CCO)cc1)C(=O)OC(C)(C)C. The summed E-state index contributed by atoms with van der Waals surface area (Å²) in [6, 6.07) is 12.0. The summed E-state index contributed by atoms with van der Waals surface area (Å²) in [6.07, 6.45) is -1.81. The molecule has 2 aromatic rings. The third kappa shape index (κ3) is 14.3. The van der Waals surface area contributed by atoms with E-state index in [1.54, 1.807) is 82.8 Å². The van der Waals surface area contributed by atoms with E-state index in [-0.39, 0.29) is 51.5 Å². The highest BCUT2D eigenvalue weighted by molar-refractivity contribution is 5.89. The lowest BCUT2D eigenvalue weighted by Gasteiger charge is -2.25. The molecule has 0 fully saturated rings. The maximum atomic E-state index is 12.7. The largest absolute Gasteiger partial charge is 0.460 e. The van der Waals surface area contributed by atoms with Gasteiger partial charge in [-0.15, -0.1) is 0 Å². The number of hydrogen-bond acceptors (Lipinski definition) is 11. The average Bonchev–Trinajstić information content (AvgIpc) is 2.93. The van der Waals surface area contributed by atoms with Gasteiger partial charge in [0.25, 0.3) is 0 Å². The van der Waals surface area contributed by atoms with E-state index in [9.17, 15) is 29.4 Å². The highest BCUT2D eigenvalue weighted by atomic mass is 16.6. The lowest BCUT2D eigenvalue weighted by atomic mass is 10.1. The van der Waals surface area contributed by atoms with E-state index in [1.165, 1.54) is 12.1 Å². The summed E-state index contributed by atoms with van der Waals surface area (Å²) < 4.78 is 21.3. The third-order valence-electron chi connectivity index (χ3n) is 5.77. The van der Waals surface area contributed by atoms with E-state index in [4.69, 9.17) is 18.9 Å². The zero-order valence-corrected chi connectivity index (χ0v) is 26.8. The molecular weight excluding hydrogens is 586 g/mol. The lowest BCUT2D eigenvalue weighted by Crippen LogP contribution is -2.45. The Morgan fingerprint density at radius 2 is 1.42 bits per heavy atom. The number of esters is 2. The first-order valence-corrected chi connectivity index (χ1v) is 14.6. The van der Waals surface area contributed by atoms with Crippen LogP contribution in [0.4, 0.5) is 21.0 Å². The van der Waals surface area contributed by atoms with Crippen molar-refractivity contribution in [3.05, 3.63) is 54.1 Å². The number of aliphatic hydroxyl groups is 2. The lowest BCUT2D eigenvalue weighted by molar-refractivity contribution is -0.158. The molecule has 0 aliphatic carbocycles. The molecule has 0 aliphatic heterocycles. The monoisotopic (exact) mass is 631 g/mol. The summed E-state index contributed by atoms with van der Waals surface area (Å²) in [5, 5.41) is 23.8. The van der Waals surface area contributed by atoms with Crippen LogP contribution in [0, 0.1) is 0 Å². The Labute approximate surface area is 263 Å². The van der Waals surface area contributed by atoms with E-state index in [2.05, 4.69) is 10.6 Å². The fraction of sp³-hybridized carbons (Fsp3) is 0.500. The van der Waals surface area contributed by atoms with Crippen LogP contribution in [0.25, 0.3) is 0 Å². The summed E-state index contributed by atoms with van der Waals surface area (Å²) in [7, 11) is 0. The number of para-hydroxylation sites is 2. The van der Waals surface area contributed by atoms with Gasteiger partial charge in [-0.2, -0.15) is 0 Å². The van der Waals surface area contributed by atoms with Crippen molar-refractivity contribution in [2.75, 3.05) is 36.5 Å². The Balaban J connectivity index is 1.96. The molecule has 248 valence electrons. The van der Waals surface area contributed by atoms with Crippen molar-refractivity contribution in [2.45, 2.75) is 78.2 Å².